The molecule has 0 bridgehead atoms. The third-order valence-electron chi connectivity index (χ3n) is 2.44. The summed E-state index contributed by atoms with van der Waals surface area (Å²) in [5, 5.41) is 3.07. The molecule has 0 amide bonds. The van der Waals surface area contributed by atoms with Gasteiger partial charge in [-0.25, -0.2) is 9.37 Å². The van der Waals surface area contributed by atoms with Gasteiger partial charge in [-0.05, 0) is 47.2 Å². The van der Waals surface area contributed by atoms with Gasteiger partial charge in [0.1, 0.15) is 21.9 Å². The Labute approximate surface area is 108 Å². The molecule has 0 aliphatic rings. The molecule has 1 aromatic carbocycles. The van der Waals surface area contributed by atoms with Gasteiger partial charge in [0.2, 0.25) is 0 Å². The Hall–Kier alpha value is -1.20. The second-order valence-corrected chi connectivity index (χ2v) is 4.50. The van der Waals surface area contributed by atoms with E-state index in [1.165, 1.54) is 12.1 Å². The van der Waals surface area contributed by atoms with E-state index >= 15 is 0 Å². The van der Waals surface area contributed by atoms with E-state index < -0.39 is 0 Å². The van der Waals surface area contributed by atoms with Crippen LogP contribution >= 0.6 is 15.9 Å². The monoisotopic (exact) mass is 297 g/mol. The molecule has 90 valence electrons. The Balaban J connectivity index is 2.26. The number of hydrogen-bond acceptors (Lipinski definition) is 2. The summed E-state index contributed by atoms with van der Waals surface area (Å²) in [6, 6.07) is 6.31. The van der Waals surface area contributed by atoms with Crippen molar-refractivity contribution < 1.29 is 4.39 Å². The summed E-state index contributed by atoms with van der Waals surface area (Å²) in [5.74, 6) is 0.668. The van der Waals surface area contributed by atoms with Crippen molar-refractivity contribution in [2.24, 2.45) is 0 Å². The lowest BCUT2D eigenvalue weighted by molar-refractivity contribution is 0.628. The van der Waals surface area contributed by atoms with Crippen LogP contribution in [-0.4, -0.2) is 23.6 Å². The Morgan fingerprint density at radius 1 is 1.35 bits per heavy atom. The first-order valence-electron chi connectivity index (χ1n) is 5.35. The molecule has 0 radical (unpaired) electrons. The molecular weight excluding hydrogens is 285 g/mol. The molecule has 0 saturated carbocycles. The second kappa shape index (κ2) is 5.42. The largest absolute Gasteiger partial charge is 0.336 e. The molecule has 1 heterocycles. The van der Waals surface area contributed by atoms with Crippen molar-refractivity contribution in [2.75, 3.05) is 13.6 Å². The van der Waals surface area contributed by atoms with Crippen molar-refractivity contribution in [1.29, 1.82) is 0 Å². The number of nitrogens with zero attached hydrogens (tertiary/aromatic N) is 1. The number of aromatic nitrogens is 2. The lowest BCUT2D eigenvalue weighted by Gasteiger charge is -1.97. The second-order valence-electron chi connectivity index (χ2n) is 3.71. The normalized spacial score (nSPS) is 10.8. The molecule has 2 N–H and O–H groups in total. The number of aromatic amines is 1. The third-order valence-corrected chi connectivity index (χ3v) is 3.01. The number of likely N-dealkylation sites (N-methyl/N-ethyl adjacent to an activating group) is 1. The van der Waals surface area contributed by atoms with Crippen molar-refractivity contribution in [1.82, 2.24) is 15.3 Å². The van der Waals surface area contributed by atoms with Crippen molar-refractivity contribution in [2.45, 2.75) is 6.42 Å². The maximum atomic E-state index is 12.8. The maximum Gasteiger partial charge on any atom is 0.123 e. The zero-order valence-corrected chi connectivity index (χ0v) is 11.0. The number of rotatable bonds is 4. The number of benzene rings is 1. The summed E-state index contributed by atoms with van der Waals surface area (Å²) in [6.45, 7) is 0.864. The first kappa shape index (κ1) is 12.3. The zero-order valence-electron chi connectivity index (χ0n) is 9.43. The number of nitrogens with one attached hydrogen (secondary N) is 2. The van der Waals surface area contributed by atoms with Crippen LogP contribution in [0.15, 0.2) is 28.9 Å². The molecule has 2 rings (SSSR count). The minimum Gasteiger partial charge on any atom is -0.336 e. The standard InChI is InChI=1S/C12H13BrFN3/c1-15-7-6-10-16-11(12(13)17-10)8-2-4-9(14)5-3-8/h2-5,15H,6-7H2,1H3,(H,16,17). The first-order valence-corrected chi connectivity index (χ1v) is 6.15. The molecule has 0 aliphatic carbocycles. The van der Waals surface area contributed by atoms with Crippen LogP contribution in [-0.2, 0) is 6.42 Å². The zero-order chi connectivity index (χ0) is 12.3. The van der Waals surface area contributed by atoms with Crippen LogP contribution in [0.2, 0.25) is 0 Å². The van der Waals surface area contributed by atoms with Crippen LogP contribution in [0.1, 0.15) is 5.82 Å². The highest BCUT2D eigenvalue weighted by atomic mass is 79.9. The van der Waals surface area contributed by atoms with E-state index in [0.29, 0.717) is 0 Å². The van der Waals surface area contributed by atoms with E-state index in [2.05, 4.69) is 31.2 Å². The number of H-pyrrole nitrogens is 1. The molecule has 17 heavy (non-hydrogen) atoms. The first-order chi connectivity index (χ1) is 8.20. The molecule has 3 nitrogen and oxygen atoms in total. The van der Waals surface area contributed by atoms with Crippen LogP contribution < -0.4 is 5.32 Å². The summed E-state index contributed by atoms with van der Waals surface area (Å²) < 4.78 is 13.7. The minimum atomic E-state index is -0.240. The van der Waals surface area contributed by atoms with Crippen molar-refractivity contribution in [3.63, 3.8) is 0 Å². The van der Waals surface area contributed by atoms with Gasteiger partial charge >= 0.3 is 0 Å². The Kier molecular flexibility index (Phi) is 3.91. The lowest BCUT2D eigenvalue weighted by atomic mass is 10.2. The fraction of sp³-hybridized carbons (Fsp3) is 0.250. The SMILES string of the molecule is CNCCc1nc(-c2ccc(F)cc2)c(Br)[nH]1. The molecule has 2 aromatic rings. The van der Waals surface area contributed by atoms with E-state index in [0.717, 1.165) is 34.7 Å². The lowest BCUT2D eigenvalue weighted by Crippen LogP contribution is -2.11. The number of imidazole rings is 1. The van der Waals surface area contributed by atoms with Gasteiger partial charge in [-0.2, -0.15) is 0 Å². The fourth-order valence-electron chi connectivity index (χ4n) is 1.56. The van der Waals surface area contributed by atoms with E-state index in [1.54, 1.807) is 12.1 Å². The topological polar surface area (TPSA) is 40.7 Å². The van der Waals surface area contributed by atoms with Gasteiger partial charge in [0, 0.05) is 18.5 Å². The molecule has 0 aliphatic heterocycles. The minimum absolute atomic E-state index is 0.240. The van der Waals surface area contributed by atoms with E-state index in [4.69, 9.17) is 0 Å². The van der Waals surface area contributed by atoms with Crippen LogP contribution in [0.25, 0.3) is 11.3 Å². The fourth-order valence-corrected chi connectivity index (χ4v) is 2.11. The van der Waals surface area contributed by atoms with Gasteiger partial charge in [0.15, 0.2) is 0 Å². The molecular formula is C12H13BrFN3. The predicted octanol–water partition coefficient (Wildman–Crippen LogP) is 2.74. The van der Waals surface area contributed by atoms with Crippen molar-refractivity contribution in [3.8, 4) is 11.3 Å². The van der Waals surface area contributed by atoms with Crippen LogP contribution in [0.3, 0.4) is 0 Å². The predicted molar refractivity (Wildman–Crippen MR) is 69.3 cm³/mol. The van der Waals surface area contributed by atoms with Gasteiger partial charge < -0.3 is 10.3 Å². The smallest absolute Gasteiger partial charge is 0.123 e. The summed E-state index contributed by atoms with van der Waals surface area (Å²) >= 11 is 3.43. The van der Waals surface area contributed by atoms with Crippen LogP contribution in [0.5, 0.6) is 0 Å². The number of hydrogen-bond donors (Lipinski definition) is 2. The van der Waals surface area contributed by atoms with Crippen LogP contribution in [0, 0.1) is 5.82 Å². The summed E-state index contributed by atoms with van der Waals surface area (Å²) in [4.78, 5) is 7.65. The molecule has 0 unspecified atom stereocenters. The van der Waals surface area contributed by atoms with Crippen molar-refractivity contribution >= 4 is 15.9 Å². The van der Waals surface area contributed by atoms with Crippen molar-refractivity contribution in [3.05, 3.63) is 40.5 Å². The van der Waals surface area contributed by atoms with E-state index in [-0.39, 0.29) is 5.82 Å². The van der Waals surface area contributed by atoms with Crippen LogP contribution in [0.4, 0.5) is 4.39 Å². The van der Waals surface area contributed by atoms with Gasteiger partial charge in [-0.15, -0.1) is 0 Å². The van der Waals surface area contributed by atoms with Gasteiger partial charge in [-0.1, -0.05) is 0 Å². The molecule has 5 heteroatoms. The molecule has 0 spiro atoms. The van der Waals surface area contributed by atoms with E-state index in [1.807, 2.05) is 7.05 Å². The molecule has 0 atom stereocenters. The molecule has 0 saturated heterocycles. The van der Waals surface area contributed by atoms with Gasteiger partial charge in [0.25, 0.3) is 0 Å². The van der Waals surface area contributed by atoms with Gasteiger partial charge in [-0.3, -0.25) is 0 Å². The highest BCUT2D eigenvalue weighted by Crippen LogP contribution is 2.26. The Morgan fingerprint density at radius 2 is 2.06 bits per heavy atom. The maximum absolute atomic E-state index is 12.8. The molecule has 0 fully saturated rings. The third kappa shape index (κ3) is 2.92. The summed E-state index contributed by atoms with van der Waals surface area (Å²) in [5.41, 5.74) is 1.71. The Morgan fingerprint density at radius 3 is 2.71 bits per heavy atom. The van der Waals surface area contributed by atoms with Gasteiger partial charge in [0.05, 0.1) is 0 Å². The van der Waals surface area contributed by atoms with E-state index in [9.17, 15) is 4.39 Å². The molecule has 1 aromatic heterocycles. The summed E-state index contributed by atoms with van der Waals surface area (Å²) in [6.07, 6.45) is 0.830. The summed E-state index contributed by atoms with van der Waals surface area (Å²) in [7, 11) is 1.90. The highest BCUT2D eigenvalue weighted by molar-refractivity contribution is 9.10. The average molecular weight is 298 g/mol. The highest BCUT2D eigenvalue weighted by Gasteiger charge is 2.09. The number of halogens is 2. The Bertz CT molecular complexity index is 493. The average Bonchev–Trinajstić information content (AvgIpc) is 2.69. The quantitative estimate of drug-likeness (QED) is 0.911.